The lowest BCUT2D eigenvalue weighted by molar-refractivity contribution is 0.0475. The molecular weight excluding hydrogens is 410 g/mol. The Balaban J connectivity index is 1.90. The van der Waals surface area contributed by atoms with Gasteiger partial charge in [0.1, 0.15) is 28.1 Å². The van der Waals surface area contributed by atoms with Gasteiger partial charge in [-0.15, -0.1) is 11.3 Å². The lowest BCUT2D eigenvalue weighted by Crippen LogP contribution is -2.05. The van der Waals surface area contributed by atoms with Crippen LogP contribution in [0.25, 0.3) is 10.1 Å². The van der Waals surface area contributed by atoms with Crippen molar-refractivity contribution in [2.24, 2.45) is 0 Å². The van der Waals surface area contributed by atoms with Crippen LogP contribution in [0.4, 0.5) is 4.39 Å². The number of halogens is 4. The fourth-order valence-electron chi connectivity index (χ4n) is 2.24. The highest BCUT2D eigenvalue weighted by Crippen LogP contribution is 2.43. The number of thiophene rings is 1. The van der Waals surface area contributed by atoms with Gasteiger partial charge in [0, 0.05) is 10.9 Å². The Kier molecular flexibility index (Phi) is 5.39. The summed E-state index contributed by atoms with van der Waals surface area (Å²) in [4.78, 5) is 12.5. The topological polar surface area (TPSA) is 35.5 Å². The first-order valence-electron chi connectivity index (χ1n) is 6.98. The van der Waals surface area contributed by atoms with Crippen molar-refractivity contribution < 1.29 is 18.7 Å². The maximum atomic E-state index is 13.8. The normalized spacial score (nSPS) is 10.9. The highest BCUT2D eigenvalue weighted by molar-refractivity contribution is 7.22. The lowest BCUT2D eigenvalue weighted by atomic mass is 10.2. The van der Waals surface area contributed by atoms with Crippen LogP contribution in [0.15, 0.2) is 30.3 Å². The molecule has 8 heteroatoms. The van der Waals surface area contributed by atoms with E-state index in [9.17, 15) is 9.18 Å². The predicted octanol–water partition coefficient (Wildman–Crippen LogP) is 6.37. The van der Waals surface area contributed by atoms with Crippen molar-refractivity contribution in [2.75, 3.05) is 7.11 Å². The zero-order chi connectivity index (χ0) is 18.1. The smallest absolute Gasteiger partial charge is 0.350 e. The van der Waals surface area contributed by atoms with Crippen LogP contribution in [0.1, 0.15) is 15.2 Å². The number of carbonyl (C=O) groups is 1. The second-order valence-corrected chi connectivity index (χ2v) is 7.16. The van der Waals surface area contributed by atoms with E-state index in [1.807, 2.05) is 0 Å². The number of carbonyl (C=O) groups excluding carboxylic acids is 1. The number of rotatable bonds is 4. The Bertz CT molecular complexity index is 951. The van der Waals surface area contributed by atoms with Gasteiger partial charge < -0.3 is 9.47 Å². The summed E-state index contributed by atoms with van der Waals surface area (Å²) < 4.78 is 24.7. The van der Waals surface area contributed by atoms with Gasteiger partial charge in [-0.2, -0.15) is 0 Å². The molecule has 0 saturated heterocycles. The fraction of sp³-hybridized carbons (Fsp3) is 0.118. The maximum absolute atomic E-state index is 13.8. The number of esters is 1. The van der Waals surface area contributed by atoms with E-state index in [4.69, 9.17) is 44.3 Å². The molecular formula is C17H10Cl3FO3S. The van der Waals surface area contributed by atoms with Crippen molar-refractivity contribution >= 4 is 62.2 Å². The molecule has 1 aromatic heterocycles. The average molecular weight is 420 g/mol. The predicted molar refractivity (Wildman–Crippen MR) is 98.9 cm³/mol. The van der Waals surface area contributed by atoms with Gasteiger partial charge in [-0.05, 0) is 24.3 Å². The fourth-order valence-corrected chi connectivity index (χ4v) is 4.24. The Labute approximate surface area is 161 Å². The Hall–Kier alpha value is -1.53. The minimum absolute atomic E-state index is 0.106. The van der Waals surface area contributed by atoms with Gasteiger partial charge in [0.05, 0.1) is 21.9 Å². The monoisotopic (exact) mass is 418 g/mol. The minimum Gasteiger partial charge on any atom is -0.495 e. The molecule has 0 N–H and O–H groups in total. The number of hydrogen-bond donors (Lipinski definition) is 0. The van der Waals surface area contributed by atoms with E-state index < -0.39 is 11.8 Å². The van der Waals surface area contributed by atoms with Crippen molar-refractivity contribution in [3.63, 3.8) is 0 Å². The first-order chi connectivity index (χ1) is 11.9. The molecule has 0 fully saturated rings. The van der Waals surface area contributed by atoms with E-state index in [-0.39, 0.29) is 27.1 Å². The van der Waals surface area contributed by atoms with Gasteiger partial charge in [0.15, 0.2) is 0 Å². The van der Waals surface area contributed by atoms with Crippen molar-refractivity contribution in [1.82, 2.24) is 0 Å². The average Bonchev–Trinajstić information content (AvgIpc) is 2.92. The van der Waals surface area contributed by atoms with Crippen LogP contribution < -0.4 is 4.74 Å². The molecule has 0 spiro atoms. The molecule has 3 aromatic rings. The molecule has 3 rings (SSSR count). The molecule has 0 amide bonds. The van der Waals surface area contributed by atoms with Gasteiger partial charge >= 0.3 is 5.97 Å². The third-order valence-electron chi connectivity index (χ3n) is 3.52. The second kappa shape index (κ2) is 7.38. The second-order valence-electron chi connectivity index (χ2n) is 4.98. The first kappa shape index (κ1) is 18.3. The molecule has 1 heterocycles. The van der Waals surface area contributed by atoms with Gasteiger partial charge in [-0.1, -0.05) is 40.9 Å². The number of methoxy groups -OCH3 is 1. The summed E-state index contributed by atoms with van der Waals surface area (Å²) in [5.41, 5.74) is 0.106. The third-order valence-corrected chi connectivity index (χ3v) is 6.07. The van der Waals surface area contributed by atoms with Crippen molar-refractivity contribution in [2.45, 2.75) is 6.61 Å². The van der Waals surface area contributed by atoms with E-state index in [0.717, 1.165) is 11.3 Å². The largest absolute Gasteiger partial charge is 0.495 e. The number of hydrogen-bond acceptors (Lipinski definition) is 4. The van der Waals surface area contributed by atoms with Crippen LogP contribution >= 0.6 is 46.1 Å². The van der Waals surface area contributed by atoms with Crippen molar-refractivity contribution in [3.8, 4) is 5.75 Å². The van der Waals surface area contributed by atoms with Gasteiger partial charge in [-0.3, -0.25) is 0 Å². The van der Waals surface area contributed by atoms with Gasteiger partial charge in [0.2, 0.25) is 0 Å². The van der Waals surface area contributed by atoms with E-state index >= 15 is 0 Å². The standard InChI is InChI=1S/C17H10Cl3FO3S/c1-23-12-6-5-8-13(19)16(25-15(8)14(12)20)17(22)24-7-9-10(18)3-2-4-11(9)21/h2-6H,7H2,1H3. The summed E-state index contributed by atoms with van der Waals surface area (Å²) in [6, 6.07) is 7.61. The molecule has 0 bridgehead atoms. The van der Waals surface area contributed by atoms with Crippen LogP contribution in [0, 0.1) is 5.82 Å². The lowest BCUT2D eigenvalue weighted by Gasteiger charge is -2.06. The molecule has 0 aliphatic carbocycles. The zero-order valence-electron chi connectivity index (χ0n) is 12.7. The Morgan fingerprint density at radius 1 is 1.16 bits per heavy atom. The molecule has 0 aliphatic heterocycles. The quantitative estimate of drug-likeness (QED) is 0.461. The summed E-state index contributed by atoms with van der Waals surface area (Å²) in [5.74, 6) is -0.749. The number of fused-ring (bicyclic) bond motifs is 1. The summed E-state index contributed by atoms with van der Waals surface area (Å²) >= 11 is 19.5. The number of ether oxygens (including phenoxy) is 2. The van der Waals surface area contributed by atoms with E-state index in [1.54, 1.807) is 12.1 Å². The van der Waals surface area contributed by atoms with Gasteiger partial charge in [0.25, 0.3) is 0 Å². The highest BCUT2D eigenvalue weighted by Gasteiger charge is 2.22. The molecule has 25 heavy (non-hydrogen) atoms. The summed E-state index contributed by atoms with van der Waals surface area (Å²) in [6.45, 7) is -0.300. The summed E-state index contributed by atoms with van der Waals surface area (Å²) in [7, 11) is 1.50. The van der Waals surface area contributed by atoms with Crippen LogP contribution in [0.2, 0.25) is 15.1 Å². The van der Waals surface area contributed by atoms with Crippen LogP contribution in [0.5, 0.6) is 5.75 Å². The molecule has 0 radical (unpaired) electrons. The Morgan fingerprint density at radius 3 is 2.60 bits per heavy atom. The van der Waals surface area contributed by atoms with E-state index in [0.29, 0.717) is 20.9 Å². The van der Waals surface area contributed by atoms with E-state index in [2.05, 4.69) is 0 Å². The van der Waals surface area contributed by atoms with Crippen LogP contribution in [-0.2, 0) is 11.3 Å². The molecule has 0 unspecified atom stereocenters. The molecule has 0 saturated carbocycles. The Morgan fingerprint density at radius 2 is 1.92 bits per heavy atom. The SMILES string of the molecule is COc1ccc2c(Cl)c(C(=O)OCc3c(F)cccc3Cl)sc2c1Cl. The first-order valence-corrected chi connectivity index (χ1v) is 8.93. The molecule has 0 atom stereocenters. The third kappa shape index (κ3) is 3.42. The van der Waals surface area contributed by atoms with Crippen LogP contribution in [0.3, 0.4) is 0 Å². The maximum Gasteiger partial charge on any atom is 0.350 e. The van der Waals surface area contributed by atoms with Crippen molar-refractivity contribution in [3.05, 3.63) is 61.7 Å². The minimum atomic E-state index is -0.680. The molecule has 130 valence electrons. The molecule has 3 nitrogen and oxygen atoms in total. The summed E-state index contributed by atoms with van der Waals surface area (Å²) in [5, 5.41) is 1.40. The van der Waals surface area contributed by atoms with Crippen molar-refractivity contribution in [1.29, 1.82) is 0 Å². The van der Waals surface area contributed by atoms with Gasteiger partial charge in [-0.25, -0.2) is 9.18 Å². The molecule has 0 aliphatic rings. The van der Waals surface area contributed by atoms with E-state index in [1.165, 1.54) is 25.3 Å². The number of benzene rings is 2. The van der Waals surface area contributed by atoms with Crippen LogP contribution in [-0.4, -0.2) is 13.1 Å². The highest BCUT2D eigenvalue weighted by atomic mass is 35.5. The summed E-state index contributed by atoms with van der Waals surface area (Å²) in [6.07, 6.45) is 0. The molecule has 2 aromatic carbocycles. The zero-order valence-corrected chi connectivity index (χ0v) is 15.8.